The van der Waals surface area contributed by atoms with Crippen LogP contribution in [0.3, 0.4) is 0 Å². The van der Waals surface area contributed by atoms with E-state index in [0.29, 0.717) is 23.5 Å². The molecule has 7 heteroatoms. The Morgan fingerprint density at radius 3 is 2.71 bits per heavy atom. The lowest BCUT2D eigenvalue weighted by Gasteiger charge is -2.48. The Balaban J connectivity index is 1.81. The van der Waals surface area contributed by atoms with Crippen LogP contribution < -0.4 is 10.2 Å². The fraction of sp³-hybridized carbons (Fsp3) is 0.286. The standard InChI is InChI=1S/C21H21N3O3S/c1-3-23-19(26)16-9-4-5-10-17(16)24-18(25)11-12-21(23,24)20(27)22-14-7-6-8-15(13-14)28-2/h4-10,13H,3,11-12H2,1-2H3,(H,22,27)/t21-/m0/s1. The number of carbonyl (C=O) groups is 3. The molecule has 1 saturated heterocycles. The van der Waals surface area contributed by atoms with Crippen LogP contribution in [0.1, 0.15) is 30.1 Å². The molecule has 0 spiro atoms. The number of hydrogen-bond donors (Lipinski definition) is 1. The summed E-state index contributed by atoms with van der Waals surface area (Å²) in [4.78, 5) is 43.6. The first-order valence-electron chi connectivity index (χ1n) is 9.22. The van der Waals surface area contributed by atoms with E-state index in [1.54, 1.807) is 36.0 Å². The summed E-state index contributed by atoms with van der Waals surface area (Å²) >= 11 is 1.58. The molecule has 1 atom stereocenters. The molecule has 2 aromatic carbocycles. The second-order valence-electron chi connectivity index (χ2n) is 6.80. The molecule has 2 aliphatic heterocycles. The molecule has 2 aliphatic rings. The van der Waals surface area contributed by atoms with Crippen LogP contribution in [0.2, 0.25) is 0 Å². The number of carbonyl (C=O) groups excluding carboxylic acids is 3. The van der Waals surface area contributed by atoms with Gasteiger partial charge in [-0.2, -0.15) is 0 Å². The number of hydrogen-bond acceptors (Lipinski definition) is 4. The summed E-state index contributed by atoms with van der Waals surface area (Å²) in [5.41, 5.74) is 0.264. The zero-order valence-electron chi connectivity index (χ0n) is 15.8. The maximum atomic E-state index is 13.5. The highest BCUT2D eigenvalue weighted by atomic mass is 32.2. The number of benzene rings is 2. The molecule has 2 heterocycles. The number of thioether (sulfide) groups is 1. The van der Waals surface area contributed by atoms with E-state index in [1.165, 1.54) is 9.80 Å². The number of fused-ring (bicyclic) bond motifs is 3. The third-order valence-electron chi connectivity index (χ3n) is 5.38. The third kappa shape index (κ3) is 2.61. The Morgan fingerprint density at radius 1 is 1.18 bits per heavy atom. The van der Waals surface area contributed by atoms with Crippen molar-refractivity contribution < 1.29 is 14.4 Å². The second-order valence-corrected chi connectivity index (χ2v) is 7.68. The highest BCUT2D eigenvalue weighted by Crippen LogP contribution is 2.44. The first-order valence-corrected chi connectivity index (χ1v) is 10.4. The molecule has 0 saturated carbocycles. The Bertz CT molecular complexity index is 977. The van der Waals surface area contributed by atoms with Crippen LogP contribution >= 0.6 is 11.8 Å². The van der Waals surface area contributed by atoms with Crippen molar-refractivity contribution >= 4 is 40.9 Å². The third-order valence-corrected chi connectivity index (χ3v) is 6.11. The van der Waals surface area contributed by atoms with Crippen molar-refractivity contribution in [2.75, 3.05) is 23.0 Å². The van der Waals surface area contributed by atoms with Crippen LogP contribution in [0.15, 0.2) is 53.4 Å². The summed E-state index contributed by atoms with van der Waals surface area (Å²) in [5.74, 6) is -0.732. The Morgan fingerprint density at radius 2 is 1.96 bits per heavy atom. The average Bonchev–Trinajstić information content (AvgIpc) is 3.07. The first kappa shape index (κ1) is 18.6. The Hall–Kier alpha value is -2.80. The monoisotopic (exact) mass is 395 g/mol. The summed E-state index contributed by atoms with van der Waals surface area (Å²) in [6.45, 7) is 2.16. The van der Waals surface area contributed by atoms with Crippen molar-refractivity contribution in [3.63, 3.8) is 0 Å². The highest BCUT2D eigenvalue weighted by Gasteiger charge is 2.60. The highest BCUT2D eigenvalue weighted by molar-refractivity contribution is 7.98. The topological polar surface area (TPSA) is 69.7 Å². The lowest BCUT2D eigenvalue weighted by atomic mass is 9.95. The molecule has 0 aliphatic carbocycles. The van der Waals surface area contributed by atoms with Gasteiger partial charge in [-0.1, -0.05) is 18.2 Å². The van der Waals surface area contributed by atoms with Gasteiger partial charge < -0.3 is 10.2 Å². The first-order chi connectivity index (χ1) is 13.5. The van der Waals surface area contributed by atoms with Crippen LogP contribution in [-0.2, 0) is 9.59 Å². The zero-order chi connectivity index (χ0) is 19.9. The second kappa shape index (κ2) is 6.98. The quantitative estimate of drug-likeness (QED) is 0.806. The van der Waals surface area contributed by atoms with Gasteiger partial charge in [0.05, 0.1) is 11.3 Å². The normalized spacial score (nSPS) is 20.8. The molecule has 2 aromatic rings. The van der Waals surface area contributed by atoms with Crippen molar-refractivity contribution in [2.45, 2.75) is 30.3 Å². The van der Waals surface area contributed by atoms with E-state index in [-0.39, 0.29) is 30.6 Å². The summed E-state index contributed by atoms with van der Waals surface area (Å²) in [6.07, 6.45) is 2.46. The molecule has 28 heavy (non-hydrogen) atoms. The van der Waals surface area contributed by atoms with Crippen molar-refractivity contribution in [3.8, 4) is 0 Å². The molecule has 0 unspecified atom stereocenters. The van der Waals surface area contributed by atoms with Gasteiger partial charge >= 0.3 is 0 Å². The van der Waals surface area contributed by atoms with Gasteiger partial charge in [-0.05, 0) is 43.5 Å². The van der Waals surface area contributed by atoms with Crippen molar-refractivity contribution in [1.29, 1.82) is 0 Å². The summed E-state index contributed by atoms with van der Waals surface area (Å²) in [6, 6.07) is 14.5. The van der Waals surface area contributed by atoms with Gasteiger partial charge in [0.2, 0.25) is 11.6 Å². The molecule has 6 nitrogen and oxygen atoms in total. The molecule has 0 aromatic heterocycles. The maximum Gasteiger partial charge on any atom is 0.271 e. The van der Waals surface area contributed by atoms with Crippen LogP contribution in [0.4, 0.5) is 11.4 Å². The number of nitrogens with zero attached hydrogens (tertiary/aromatic N) is 2. The van der Waals surface area contributed by atoms with Gasteiger partial charge in [-0.25, -0.2) is 0 Å². The minimum Gasteiger partial charge on any atom is -0.322 e. The zero-order valence-corrected chi connectivity index (χ0v) is 16.6. The molecular formula is C21H21N3O3S. The number of anilines is 2. The van der Waals surface area contributed by atoms with Gasteiger partial charge in [0.1, 0.15) is 0 Å². The smallest absolute Gasteiger partial charge is 0.271 e. The van der Waals surface area contributed by atoms with Crippen LogP contribution in [0.25, 0.3) is 0 Å². The SMILES string of the molecule is CCN1C(=O)c2ccccc2N2C(=O)CC[C@]12C(=O)Nc1cccc(SC)c1. The Labute approximate surface area is 167 Å². The van der Waals surface area contributed by atoms with E-state index in [2.05, 4.69) is 5.32 Å². The van der Waals surface area contributed by atoms with Crippen molar-refractivity contribution in [2.24, 2.45) is 0 Å². The number of amides is 3. The van der Waals surface area contributed by atoms with Gasteiger partial charge in [0, 0.05) is 30.0 Å². The molecule has 4 rings (SSSR count). The molecule has 0 bridgehead atoms. The summed E-state index contributed by atoms with van der Waals surface area (Å²) in [7, 11) is 0. The van der Waals surface area contributed by atoms with Gasteiger partial charge in [0.15, 0.2) is 0 Å². The molecular weight excluding hydrogens is 374 g/mol. The molecule has 0 radical (unpaired) electrons. The van der Waals surface area contributed by atoms with Gasteiger partial charge in [-0.3, -0.25) is 19.3 Å². The number of nitrogens with one attached hydrogen (secondary N) is 1. The van der Waals surface area contributed by atoms with Crippen molar-refractivity contribution in [3.05, 3.63) is 54.1 Å². The van der Waals surface area contributed by atoms with E-state index in [1.807, 2.05) is 37.4 Å². The van der Waals surface area contributed by atoms with E-state index >= 15 is 0 Å². The van der Waals surface area contributed by atoms with Gasteiger partial charge in [-0.15, -0.1) is 11.8 Å². The largest absolute Gasteiger partial charge is 0.322 e. The predicted octanol–water partition coefficient (Wildman–Crippen LogP) is 3.35. The summed E-state index contributed by atoms with van der Waals surface area (Å²) < 4.78 is 0. The molecule has 1 fully saturated rings. The fourth-order valence-corrected chi connectivity index (χ4v) is 4.60. The van der Waals surface area contributed by atoms with E-state index in [9.17, 15) is 14.4 Å². The number of rotatable bonds is 4. The average molecular weight is 395 g/mol. The minimum absolute atomic E-state index is 0.147. The van der Waals surface area contributed by atoms with Crippen molar-refractivity contribution in [1.82, 2.24) is 4.90 Å². The van der Waals surface area contributed by atoms with E-state index < -0.39 is 5.66 Å². The fourth-order valence-electron chi connectivity index (χ4n) is 4.14. The van der Waals surface area contributed by atoms with Crippen LogP contribution in [-0.4, -0.2) is 41.1 Å². The molecule has 1 N–H and O–H groups in total. The summed E-state index contributed by atoms with van der Waals surface area (Å²) in [5, 5.41) is 2.94. The lowest BCUT2D eigenvalue weighted by molar-refractivity contribution is -0.128. The predicted molar refractivity (Wildman–Crippen MR) is 109 cm³/mol. The van der Waals surface area contributed by atoms with E-state index in [4.69, 9.17) is 0 Å². The van der Waals surface area contributed by atoms with Gasteiger partial charge in [0.25, 0.3) is 11.8 Å². The van der Waals surface area contributed by atoms with Crippen LogP contribution in [0, 0.1) is 0 Å². The lowest BCUT2D eigenvalue weighted by Crippen LogP contribution is -2.69. The van der Waals surface area contributed by atoms with Crippen LogP contribution in [0.5, 0.6) is 0 Å². The number of likely N-dealkylation sites (N-methyl/N-ethyl adjacent to an activating group) is 1. The molecule has 144 valence electrons. The minimum atomic E-state index is -1.34. The maximum absolute atomic E-state index is 13.5. The number of para-hydroxylation sites is 1. The Kier molecular flexibility index (Phi) is 4.63. The molecule has 3 amide bonds. The van der Waals surface area contributed by atoms with E-state index in [0.717, 1.165) is 4.90 Å².